The van der Waals surface area contributed by atoms with Crippen molar-refractivity contribution in [3.8, 4) is 0 Å². The van der Waals surface area contributed by atoms with Gasteiger partial charge in [0.2, 0.25) is 5.91 Å². The molecule has 0 aromatic heterocycles. The Morgan fingerprint density at radius 3 is 2.27 bits per heavy atom. The summed E-state index contributed by atoms with van der Waals surface area (Å²) < 4.78 is -0.882. The van der Waals surface area contributed by atoms with Gasteiger partial charge in [0.25, 0.3) is 0 Å². The number of rotatable bonds is 4. The van der Waals surface area contributed by atoms with Gasteiger partial charge in [-0.25, -0.2) is 0 Å². The van der Waals surface area contributed by atoms with Gasteiger partial charge in [0, 0.05) is 13.1 Å². The maximum Gasteiger partial charge on any atom is 0.231 e. The van der Waals surface area contributed by atoms with Crippen molar-refractivity contribution in [1.82, 2.24) is 4.90 Å². The highest BCUT2D eigenvalue weighted by atomic mass is 35.5. The predicted octanol–water partition coefficient (Wildman–Crippen LogP) is 2.99. The summed E-state index contributed by atoms with van der Waals surface area (Å²) in [4.78, 5) is 13.9. The minimum atomic E-state index is -0.882. The number of carbonyl (C=O) groups excluding carboxylic acids is 1. The van der Waals surface area contributed by atoms with Crippen LogP contribution in [0.15, 0.2) is 12.2 Å². The first-order valence-corrected chi connectivity index (χ1v) is 5.82. The third kappa shape index (κ3) is 2.31. The van der Waals surface area contributed by atoms with Crippen LogP contribution < -0.4 is 0 Å². The van der Waals surface area contributed by atoms with Gasteiger partial charge >= 0.3 is 0 Å². The van der Waals surface area contributed by atoms with Crippen molar-refractivity contribution < 1.29 is 4.79 Å². The molecular formula is C11H17Cl2NO. The van der Waals surface area contributed by atoms with Crippen LogP contribution >= 0.6 is 23.2 Å². The molecule has 0 aliphatic heterocycles. The smallest absolute Gasteiger partial charge is 0.231 e. The summed E-state index contributed by atoms with van der Waals surface area (Å²) in [7, 11) is 0. The molecule has 1 saturated carbocycles. The van der Waals surface area contributed by atoms with Gasteiger partial charge in [0.05, 0.1) is 5.41 Å². The van der Waals surface area contributed by atoms with Crippen LogP contribution in [0, 0.1) is 5.41 Å². The lowest BCUT2D eigenvalue weighted by atomic mass is 10.1. The number of amides is 1. The quantitative estimate of drug-likeness (QED) is 0.554. The first kappa shape index (κ1) is 12.9. The first-order valence-electron chi connectivity index (χ1n) is 5.06. The van der Waals surface area contributed by atoms with Gasteiger partial charge in [-0.3, -0.25) is 4.79 Å². The molecule has 1 aliphatic carbocycles. The van der Waals surface area contributed by atoms with E-state index in [9.17, 15) is 4.79 Å². The van der Waals surface area contributed by atoms with Crippen LogP contribution in [-0.2, 0) is 4.79 Å². The number of hydrogen-bond donors (Lipinski definition) is 0. The molecule has 0 aromatic rings. The van der Waals surface area contributed by atoms with Gasteiger partial charge in [0.15, 0.2) is 0 Å². The Kier molecular flexibility index (Phi) is 3.42. The molecule has 1 aliphatic rings. The Bertz CT molecular complexity index is 301. The molecule has 0 heterocycles. The van der Waals surface area contributed by atoms with Crippen molar-refractivity contribution in [2.75, 3.05) is 13.1 Å². The zero-order valence-electron chi connectivity index (χ0n) is 9.44. The SMILES string of the molecule is C=C(C)CN(CC)C(=O)C1(C)CC1(Cl)Cl. The van der Waals surface area contributed by atoms with E-state index in [4.69, 9.17) is 23.2 Å². The molecule has 15 heavy (non-hydrogen) atoms. The van der Waals surface area contributed by atoms with E-state index in [2.05, 4.69) is 6.58 Å². The number of likely N-dealkylation sites (N-methyl/N-ethyl adjacent to an activating group) is 1. The maximum atomic E-state index is 12.1. The van der Waals surface area contributed by atoms with E-state index in [1.807, 2.05) is 20.8 Å². The fraction of sp³-hybridized carbons (Fsp3) is 0.727. The second-order valence-corrected chi connectivity index (χ2v) is 5.97. The van der Waals surface area contributed by atoms with Crippen molar-refractivity contribution in [3.63, 3.8) is 0 Å². The monoisotopic (exact) mass is 249 g/mol. The number of alkyl halides is 2. The van der Waals surface area contributed by atoms with E-state index in [-0.39, 0.29) is 5.91 Å². The minimum absolute atomic E-state index is 0.0259. The highest BCUT2D eigenvalue weighted by Crippen LogP contribution is 2.64. The lowest BCUT2D eigenvalue weighted by molar-refractivity contribution is -0.135. The molecule has 0 aromatic carbocycles. The van der Waals surface area contributed by atoms with E-state index in [1.54, 1.807) is 4.90 Å². The lowest BCUT2D eigenvalue weighted by Gasteiger charge is -2.25. The second kappa shape index (κ2) is 3.99. The van der Waals surface area contributed by atoms with Gasteiger partial charge in [-0.05, 0) is 27.2 Å². The average molecular weight is 250 g/mol. The average Bonchev–Trinajstić information content (AvgIpc) is 2.62. The van der Waals surface area contributed by atoms with Crippen LogP contribution in [-0.4, -0.2) is 28.2 Å². The first-order chi connectivity index (χ1) is 6.74. The summed E-state index contributed by atoms with van der Waals surface area (Å²) in [6.45, 7) is 10.7. The molecule has 1 atom stereocenters. The van der Waals surface area contributed by atoms with Crippen LogP contribution in [0.1, 0.15) is 27.2 Å². The Morgan fingerprint density at radius 2 is 2.00 bits per heavy atom. The third-order valence-electron chi connectivity index (χ3n) is 2.86. The maximum absolute atomic E-state index is 12.1. The summed E-state index contributed by atoms with van der Waals surface area (Å²) in [6, 6.07) is 0. The third-order valence-corrected chi connectivity index (χ3v) is 3.96. The molecule has 1 rings (SSSR count). The molecule has 0 bridgehead atoms. The molecule has 1 amide bonds. The van der Waals surface area contributed by atoms with Crippen LogP contribution in [0.4, 0.5) is 0 Å². The zero-order chi connectivity index (χ0) is 11.9. The molecule has 0 radical (unpaired) electrons. The van der Waals surface area contributed by atoms with E-state index >= 15 is 0 Å². The Hall–Kier alpha value is -0.210. The summed E-state index contributed by atoms with van der Waals surface area (Å²) in [5.41, 5.74) is 0.353. The molecule has 1 unspecified atom stereocenters. The van der Waals surface area contributed by atoms with Gasteiger partial charge in [-0.15, -0.1) is 23.2 Å². The fourth-order valence-corrected chi connectivity index (χ4v) is 2.33. The van der Waals surface area contributed by atoms with E-state index in [0.717, 1.165) is 5.57 Å². The highest BCUT2D eigenvalue weighted by Gasteiger charge is 2.68. The van der Waals surface area contributed by atoms with Crippen molar-refractivity contribution in [1.29, 1.82) is 0 Å². The topological polar surface area (TPSA) is 20.3 Å². The molecule has 0 N–H and O–H groups in total. The zero-order valence-corrected chi connectivity index (χ0v) is 11.0. The van der Waals surface area contributed by atoms with Crippen LogP contribution in [0.25, 0.3) is 0 Å². The van der Waals surface area contributed by atoms with E-state index < -0.39 is 9.75 Å². The number of hydrogen-bond acceptors (Lipinski definition) is 1. The Balaban J connectivity index is 2.71. The highest BCUT2D eigenvalue weighted by molar-refractivity contribution is 6.53. The molecular weight excluding hydrogens is 233 g/mol. The number of carbonyl (C=O) groups is 1. The van der Waals surface area contributed by atoms with E-state index in [1.165, 1.54) is 0 Å². The summed E-state index contributed by atoms with van der Waals surface area (Å²) in [5, 5.41) is 0. The summed E-state index contributed by atoms with van der Waals surface area (Å²) >= 11 is 12.0. The van der Waals surface area contributed by atoms with Crippen molar-refractivity contribution >= 4 is 29.1 Å². The second-order valence-electron chi connectivity index (χ2n) is 4.49. The molecule has 0 spiro atoms. The van der Waals surface area contributed by atoms with Crippen LogP contribution in [0.5, 0.6) is 0 Å². The normalized spacial score (nSPS) is 27.3. The van der Waals surface area contributed by atoms with Gasteiger partial charge < -0.3 is 4.90 Å². The standard InChI is InChI=1S/C11H17Cl2NO/c1-5-14(6-8(2)3)9(15)10(4)7-11(10,12)13/h2,5-7H2,1,3-4H3. The van der Waals surface area contributed by atoms with Crippen LogP contribution in [0.3, 0.4) is 0 Å². The largest absolute Gasteiger partial charge is 0.338 e. The molecule has 2 nitrogen and oxygen atoms in total. The van der Waals surface area contributed by atoms with Crippen molar-refractivity contribution in [3.05, 3.63) is 12.2 Å². The summed E-state index contributed by atoms with van der Waals surface area (Å²) in [5.74, 6) is 0.0259. The van der Waals surface area contributed by atoms with Gasteiger partial charge in [-0.1, -0.05) is 12.2 Å². The van der Waals surface area contributed by atoms with Crippen molar-refractivity contribution in [2.45, 2.75) is 31.5 Å². The lowest BCUT2D eigenvalue weighted by Crippen LogP contribution is -2.39. The Labute approximate surface area is 101 Å². The number of nitrogens with zero attached hydrogens (tertiary/aromatic N) is 1. The minimum Gasteiger partial charge on any atom is -0.338 e. The summed E-state index contributed by atoms with van der Waals surface area (Å²) in [6.07, 6.45) is 0.536. The predicted molar refractivity (Wildman–Crippen MR) is 64.2 cm³/mol. The molecule has 0 saturated heterocycles. The molecule has 86 valence electrons. The van der Waals surface area contributed by atoms with Crippen molar-refractivity contribution in [2.24, 2.45) is 5.41 Å². The van der Waals surface area contributed by atoms with Gasteiger partial charge in [-0.2, -0.15) is 0 Å². The number of halogens is 2. The molecule has 4 heteroatoms. The van der Waals surface area contributed by atoms with E-state index in [0.29, 0.717) is 19.5 Å². The Morgan fingerprint density at radius 1 is 1.53 bits per heavy atom. The molecule has 1 fully saturated rings. The van der Waals surface area contributed by atoms with Gasteiger partial charge in [0.1, 0.15) is 4.33 Å². The van der Waals surface area contributed by atoms with Crippen LogP contribution in [0.2, 0.25) is 0 Å². The fourth-order valence-electron chi connectivity index (χ4n) is 1.63.